The molecule has 0 spiro atoms. The lowest BCUT2D eigenvalue weighted by molar-refractivity contribution is -0.138. The Labute approximate surface area is 118 Å². The first-order chi connectivity index (χ1) is 9.24. The van der Waals surface area contributed by atoms with Crippen molar-refractivity contribution in [3.8, 4) is 0 Å². The van der Waals surface area contributed by atoms with Crippen molar-refractivity contribution in [1.82, 2.24) is 4.90 Å². The van der Waals surface area contributed by atoms with Gasteiger partial charge in [0, 0.05) is 22.9 Å². The molecular weight excluding hydrogens is 256 g/mol. The predicted molar refractivity (Wildman–Crippen MR) is 77.8 cm³/mol. The molecule has 3 rings (SSSR count). The third kappa shape index (κ3) is 3.18. The van der Waals surface area contributed by atoms with Crippen LogP contribution in [0.1, 0.15) is 43.4 Å². The van der Waals surface area contributed by atoms with Gasteiger partial charge in [0.05, 0.1) is 6.54 Å². The summed E-state index contributed by atoms with van der Waals surface area (Å²) in [5.41, 5.74) is 6.02. The van der Waals surface area contributed by atoms with Crippen LogP contribution in [0.5, 0.6) is 0 Å². The van der Waals surface area contributed by atoms with Gasteiger partial charge in [0.2, 0.25) is 5.91 Å². The van der Waals surface area contributed by atoms with E-state index in [2.05, 4.69) is 22.4 Å². The standard InChI is InChI=1S/C15H22N2OS/c16-12-4-1-3-11(9-12)15(18)17(13-6-7-13)10-14-5-2-8-19-14/h2,5,8,11-13H,1,3-4,6-7,9-10,16H2. The number of hydrogen-bond donors (Lipinski definition) is 1. The molecule has 19 heavy (non-hydrogen) atoms. The van der Waals surface area contributed by atoms with E-state index in [1.165, 1.54) is 17.7 Å². The maximum absolute atomic E-state index is 12.7. The maximum Gasteiger partial charge on any atom is 0.226 e. The van der Waals surface area contributed by atoms with Gasteiger partial charge in [-0.2, -0.15) is 0 Å². The van der Waals surface area contributed by atoms with Crippen molar-refractivity contribution in [1.29, 1.82) is 0 Å². The third-order valence-electron chi connectivity index (χ3n) is 4.24. The van der Waals surface area contributed by atoms with Gasteiger partial charge in [-0.3, -0.25) is 4.79 Å². The second-order valence-corrected chi connectivity index (χ2v) is 6.93. The zero-order chi connectivity index (χ0) is 13.2. The Morgan fingerprint density at radius 2 is 2.21 bits per heavy atom. The monoisotopic (exact) mass is 278 g/mol. The number of nitrogens with zero attached hydrogens (tertiary/aromatic N) is 1. The van der Waals surface area contributed by atoms with Gasteiger partial charge in [-0.25, -0.2) is 0 Å². The second-order valence-electron chi connectivity index (χ2n) is 5.90. The summed E-state index contributed by atoms with van der Waals surface area (Å²) in [5.74, 6) is 0.523. The quantitative estimate of drug-likeness (QED) is 0.920. The van der Waals surface area contributed by atoms with Gasteiger partial charge in [0.25, 0.3) is 0 Å². The number of carbonyl (C=O) groups excluding carboxylic acids is 1. The molecule has 4 heteroatoms. The van der Waals surface area contributed by atoms with Crippen LogP contribution in [-0.2, 0) is 11.3 Å². The number of rotatable bonds is 4. The van der Waals surface area contributed by atoms with Crippen molar-refractivity contribution in [3.63, 3.8) is 0 Å². The maximum atomic E-state index is 12.7. The van der Waals surface area contributed by atoms with E-state index in [0.717, 1.165) is 32.2 Å². The molecule has 0 radical (unpaired) electrons. The molecule has 2 N–H and O–H groups in total. The minimum absolute atomic E-state index is 0.171. The van der Waals surface area contributed by atoms with Crippen LogP contribution >= 0.6 is 11.3 Å². The normalized spacial score (nSPS) is 27.2. The summed E-state index contributed by atoms with van der Waals surface area (Å²) in [7, 11) is 0. The fraction of sp³-hybridized carbons (Fsp3) is 0.667. The Kier molecular flexibility index (Phi) is 3.89. The average molecular weight is 278 g/mol. The number of amides is 1. The highest BCUT2D eigenvalue weighted by Crippen LogP contribution is 2.33. The molecule has 1 amide bonds. The van der Waals surface area contributed by atoms with E-state index in [-0.39, 0.29) is 12.0 Å². The highest BCUT2D eigenvalue weighted by molar-refractivity contribution is 7.09. The van der Waals surface area contributed by atoms with Gasteiger partial charge in [-0.05, 0) is 43.6 Å². The van der Waals surface area contributed by atoms with Crippen LogP contribution in [0.15, 0.2) is 17.5 Å². The highest BCUT2D eigenvalue weighted by atomic mass is 32.1. The van der Waals surface area contributed by atoms with E-state index >= 15 is 0 Å². The minimum atomic E-state index is 0.171. The number of carbonyl (C=O) groups is 1. The molecule has 2 saturated carbocycles. The SMILES string of the molecule is NC1CCCC(C(=O)N(Cc2cccs2)C2CC2)C1. The molecule has 1 aromatic heterocycles. The molecule has 1 aromatic rings. The zero-order valence-corrected chi connectivity index (χ0v) is 12.1. The van der Waals surface area contributed by atoms with Crippen LogP contribution in [0.2, 0.25) is 0 Å². The number of thiophene rings is 1. The Hall–Kier alpha value is -0.870. The Morgan fingerprint density at radius 3 is 2.84 bits per heavy atom. The van der Waals surface area contributed by atoms with Crippen molar-refractivity contribution < 1.29 is 4.79 Å². The summed E-state index contributed by atoms with van der Waals surface area (Å²) in [6.45, 7) is 0.799. The van der Waals surface area contributed by atoms with Gasteiger partial charge in [-0.15, -0.1) is 11.3 Å². The Morgan fingerprint density at radius 1 is 1.37 bits per heavy atom. The van der Waals surface area contributed by atoms with Crippen molar-refractivity contribution in [2.24, 2.45) is 11.7 Å². The fourth-order valence-electron chi connectivity index (χ4n) is 3.03. The molecule has 0 saturated heterocycles. The average Bonchev–Trinajstić information content (AvgIpc) is 3.12. The van der Waals surface area contributed by atoms with E-state index in [0.29, 0.717) is 11.9 Å². The van der Waals surface area contributed by atoms with Gasteiger partial charge >= 0.3 is 0 Å². The van der Waals surface area contributed by atoms with Crippen LogP contribution in [-0.4, -0.2) is 22.9 Å². The van der Waals surface area contributed by atoms with E-state index in [1.807, 2.05) is 0 Å². The molecule has 0 aromatic carbocycles. The molecule has 2 fully saturated rings. The lowest BCUT2D eigenvalue weighted by atomic mass is 9.85. The first-order valence-electron chi connectivity index (χ1n) is 7.32. The molecular formula is C15H22N2OS. The van der Waals surface area contributed by atoms with Crippen LogP contribution in [0.25, 0.3) is 0 Å². The lowest BCUT2D eigenvalue weighted by Crippen LogP contribution is -2.41. The molecule has 0 aliphatic heterocycles. The van der Waals surface area contributed by atoms with E-state index in [4.69, 9.17) is 5.73 Å². The topological polar surface area (TPSA) is 46.3 Å². The van der Waals surface area contributed by atoms with E-state index in [9.17, 15) is 4.79 Å². The molecule has 0 bridgehead atoms. The molecule has 104 valence electrons. The summed E-state index contributed by atoms with van der Waals surface area (Å²) in [5, 5.41) is 2.08. The first-order valence-corrected chi connectivity index (χ1v) is 8.20. The lowest BCUT2D eigenvalue weighted by Gasteiger charge is -2.31. The number of nitrogens with two attached hydrogens (primary N) is 1. The molecule has 2 atom stereocenters. The molecule has 3 nitrogen and oxygen atoms in total. The predicted octanol–water partition coefficient (Wildman–Crippen LogP) is 2.76. The summed E-state index contributed by atoms with van der Waals surface area (Å²) in [6, 6.07) is 4.91. The summed E-state index contributed by atoms with van der Waals surface area (Å²) >= 11 is 1.74. The Bertz CT molecular complexity index is 427. The van der Waals surface area contributed by atoms with Crippen molar-refractivity contribution in [2.75, 3.05) is 0 Å². The first kappa shape index (κ1) is 13.1. The third-order valence-corrected chi connectivity index (χ3v) is 5.10. The van der Waals surface area contributed by atoms with Crippen LogP contribution in [0, 0.1) is 5.92 Å². The van der Waals surface area contributed by atoms with Crippen molar-refractivity contribution >= 4 is 17.2 Å². The smallest absolute Gasteiger partial charge is 0.226 e. The highest BCUT2D eigenvalue weighted by Gasteiger charge is 2.37. The zero-order valence-electron chi connectivity index (χ0n) is 11.3. The van der Waals surface area contributed by atoms with Crippen molar-refractivity contribution in [3.05, 3.63) is 22.4 Å². The fourth-order valence-corrected chi connectivity index (χ4v) is 3.73. The van der Waals surface area contributed by atoms with Gasteiger partial charge in [0.1, 0.15) is 0 Å². The van der Waals surface area contributed by atoms with Gasteiger partial charge in [0.15, 0.2) is 0 Å². The van der Waals surface area contributed by atoms with Gasteiger partial charge < -0.3 is 10.6 Å². The second kappa shape index (κ2) is 5.63. The molecule has 2 aliphatic carbocycles. The van der Waals surface area contributed by atoms with E-state index in [1.54, 1.807) is 11.3 Å². The summed E-state index contributed by atoms with van der Waals surface area (Å²) < 4.78 is 0. The van der Waals surface area contributed by atoms with Crippen LogP contribution < -0.4 is 5.73 Å². The molecule has 2 unspecified atom stereocenters. The van der Waals surface area contributed by atoms with Gasteiger partial charge in [-0.1, -0.05) is 12.5 Å². The number of hydrogen-bond acceptors (Lipinski definition) is 3. The Balaban J connectivity index is 1.67. The summed E-state index contributed by atoms with van der Waals surface area (Å²) in [6.07, 6.45) is 6.45. The van der Waals surface area contributed by atoms with Crippen LogP contribution in [0.3, 0.4) is 0 Å². The van der Waals surface area contributed by atoms with Crippen molar-refractivity contribution in [2.45, 2.75) is 57.2 Å². The minimum Gasteiger partial charge on any atom is -0.334 e. The van der Waals surface area contributed by atoms with E-state index < -0.39 is 0 Å². The molecule has 1 heterocycles. The summed E-state index contributed by atoms with van der Waals surface area (Å²) in [4.78, 5) is 16.1. The largest absolute Gasteiger partial charge is 0.334 e. The van der Waals surface area contributed by atoms with Crippen LogP contribution in [0.4, 0.5) is 0 Å². The molecule has 2 aliphatic rings.